The van der Waals surface area contributed by atoms with Gasteiger partial charge in [0.15, 0.2) is 0 Å². The molecule has 0 aliphatic rings. The summed E-state index contributed by atoms with van der Waals surface area (Å²) in [7, 11) is 0. The number of benzene rings is 1. The highest BCUT2D eigenvalue weighted by Crippen LogP contribution is 2.20. The summed E-state index contributed by atoms with van der Waals surface area (Å²) in [6.45, 7) is 4.15. The predicted octanol–water partition coefficient (Wildman–Crippen LogP) is 4.71. The molecule has 110 valence electrons. The molecule has 0 N–H and O–H groups in total. The van der Waals surface area contributed by atoms with Crippen molar-refractivity contribution in [2.24, 2.45) is 0 Å². The number of fused-ring (bicyclic) bond motifs is 1. The number of nitrogens with zero attached hydrogens (tertiary/aromatic N) is 2. The Kier molecular flexibility index (Phi) is 4.11. The molecule has 3 nitrogen and oxygen atoms in total. The Morgan fingerprint density at radius 3 is 2.86 bits per heavy atom. The average Bonchev–Trinajstić information content (AvgIpc) is 3.03. The molecule has 0 saturated carbocycles. The predicted molar refractivity (Wildman–Crippen MR) is 91.3 cm³/mol. The van der Waals surface area contributed by atoms with Crippen molar-refractivity contribution < 1.29 is 4.79 Å². The van der Waals surface area contributed by atoms with Gasteiger partial charge >= 0.3 is 0 Å². The Labute approximate surface area is 133 Å². The van der Waals surface area contributed by atoms with Gasteiger partial charge in [-0.2, -0.15) is 0 Å². The summed E-state index contributed by atoms with van der Waals surface area (Å²) in [6.07, 6.45) is 7.01. The molecule has 0 bridgehead atoms. The standard InChI is InChI=1S/C18H16N2OS/c1-12(2)18-20-16(11-22-18)17(21)6-4-13-3-5-15-10-19-8-7-14(15)9-13/h3-12H,1-2H3/b6-4+. The molecule has 3 aromatic rings. The van der Waals surface area contributed by atoms with Crippen molar-refractivity contribution in [2.75, 3.05) is 0 Å². The lowest BCUT2D eigenvalue weighted by molar-refractivity contribution is 0.104. The summed E-state index contributed by atoms with van der Waals surface area (Å²) in [5, 5.41) is 5.02. The van der Waals surface area contributed by atoms with Gasteiger partial charge in [-0.25, -0.2) is 4.98 Å². The summed E-state index contributed by atoms with van der Waals surface area (Å²) in [5.74, 6) is 0.294. The van der Waals surface area contributed by atoms with Crippen LogP contribution in [0, 0.1) is 0 Å². The molecule has 2 aromatic heterocycles. The third kappa shape index (κ3) is 3.12. The lowest BCUT2D eigenvalue weighted by Gasteiger charge is -1.98. The maximum atomic E-state index is 12.2. The molecule has 0 aliphatic heterocycles. The SMILES string of the molecule is CC(C)c1nc(C(=O)/C=C/c2ccc3cnccc3c2)cs1. The van der Waals surface area contributed by atoms with Crippen LogP contribution in [0.3, 0.4) is 0 Å². The van der Waals surface area contributed by atoms with E-state index in [2.05, 4.69) is 23.8 Å². The van der Waals surface area contributed by atoms with Crippen LogP contribution in [0.25, 0.3) is 16.8 Å². The Morgan fingerprint density at radius 1 is 1.23 bits per heavy atom. The molecule has 0 amide bonds. The monoisotopic (exact) mass is 308 g/mol. The van der Waals surface area contributed by atoms with Gasteiger partial charge in [0.05, 0.1) is 5.01 Å². The number of aromatic nitrogens is 2. The summed E-state index contributed by atoms with van der Waals surface area (Å²) in [4.78, 5) is 20.6. The van der Waals surface area contributed by atoms with E-state index in [-0.39, 0.29) is 5.78 Å². The van der Waals surface area contributed by atoms with Gasteiger partial charge in [-0.3, -0.25) is 9.78 Å². The molecule has 22 heavy (non-hydrogen) atoms. The molecule has 4 heteroatoms. The van der Waals surface area contributed by atoms with E-state index in [0.29, 0.717) is 11.6 Å². The van der Waals surface area contributed by atoms with Crippen LogP contribution in [-0.2, 0) is 0 Å². The van der Waals surface area contributed by atoms with E-state index in [4.69, 9.17) is 0 Å². The number of pyridine rings is 1. The van der Waals surface area contributed by atoms with Crippen molar-refractivity contribution in [3.8, 4) is 0 Å². The van der Waals surface area contributed by atoms with Crippen molar-refractivity contribution in [1.82, 2.24) is 9.97 Å². The zero-order chi connectivity index (χ0) is 15.5. The first-order valence-electron chi connectivity index (χ1n) is 7.15. The fourth-order valence-electron chi connectivity index (χ4n) is 2.13. The van der Waals surface area contributed by atoms with Crippen LogP contribution < -0.4 is 0 Å². The lowest BCUT2D eigenvalue weighted by atomic mass is 10.1. The quantitative estimate of drug-likeness (QED) is 0.518. The number of hydrogen-bond acceptors (Lipinski definition) is 4. The van der Waals surface area contributed by atoms with Gasteiger partial charge in [0.2, 0.25) is 5.78 Å². The van der Waals surface area contributed by atoms with E-state index in [9.17, 15) is 4.79 Å². The van der Waals surface area contributed by atoms with E-state index < -0.39 is 0 Å². The Balaban J connectivity index is 1.80. The molecular weight excluding hydrogens is 292 g/mol. The third-order valence-corrected chi connectivity index (χ3v) is 4.51. The van der Waals surface area contributed by atoms with Gasteiger partial charge in [0.1, 0.15) is 5.69 Å². The molecule has 0 unspecified atom stereocenters. The highest BCUT2D eigenvalue weighted by atomic mass is 32.1. The lowest BCUT2D eigenvalue weighted by Crippen LogP contribution is -1.96. The average molecular weight is 308 g/mol. The summed E-state index contributed by atoms with van der Waals surface area (Å²) < 4.78 is 0. The molecule has 0 atom stereocenters. The fraction of sp³-hybridized carbons (Fsp3) is 0.167. The highest BCUT2D eigenvalue weighted by molar-refractivity contribution is 7.09. The highest BCUT2D eigenvalue weighted by Gasteiger charge is 2.10. The second-order valence-corrected chi connectivity index (χ2v) is 6.30. The van der Waals surface area contributed by atoms with Crippen LogP contribution in [0.1, 0.15) is 40.8 Å². The van der Waals surface area contributed by atoms with Gasteiger partial charge in [-0.15, -0.1) is 11.3 Å². The molecule has 0 aliphatic carbocycles. The van der Waals surface area contributed by atoms with E-state index in [1.54, 1.807) is 12.3 Å². The van der Waals surface area contributed by atoms with E-state index in [1.165, 1.54) is 11.3 Å². The zero-order valence-corrected chi connectivity index (χ0v) is 13.3. The van der Waals surface area contributed by atoms with Gasteiger partial charge < -0.3 is 0 Å². The van der Waals surface area contributed by atoms with Crippen LogP contribution in [0.2, 0.25) is 0 Å². The van der Waals surface area contributed by atoms with Crippen LogP contribution in [0.4, 0.5) is 0 Å². The summed E-state index contributed by atoms with van der Waals surface area (Å²) in [6, 6.07) is 7.99. The minimum absolute atomic E-state index is 0.0574. The maximum absolute atomic E-state index is 12.2. The number of thiazole rings is 1. The number of ketones is 1. The van der Waals surface area contributed by atoms with Crippen LogP contribution >= 0.6 is 11.3 Å². The van der Waals surface area contributed by atoms with Gasteiger partial charge in [-0.1, -0.05) is 32.1 Å². The number of rotatable bonds is 4. The topological polar surface area (TPSA) is 42.9 Å². The Bertz CT molecular complexity index is 849. The smallest absolute Gasteiger partial charge is 0.205 e. The molecule has 1 aromatic carbocycles. The van der Waals surface area contributed by atoms with Crippen molar-refractivity contribution in [3.05, 3.63) is 64.4 Å². The van der Waals surface area contributed by atoms with E-state index in [1.807, 2.05) is 41.9 Å². The number of carbonyl (C=O) groups is 1. The summed E-state index contributed by atoms with van der Waals surface area (Å²) >= 11 is 1.54. The molecule has 2 heterocycles. The molecule has 0 fully saturated rings. The molecule has 3 rings (SSSR count). The second kappa shape index (κ2) is 6.20. The molecular formula is C18H16N2OS. The number of hydrogen-bond donors (Lipinski definition) is 0. The number of allylic oxidation sites excluding steroid dienone is 1. The summed E-state index contributed by atoms with van der Waals surface area (Å²) in [5.41, 5.74) is 1.52. The molecule has 0 saturated heterocycles. The maximum Gasteiger partial charge on any atom is 0.205 e. The van der Waals surface area contributed by atoms with Gasteiger partial charge in [-0.05, 0) is 29.2 Å². The van der Waals surface area contributed by atoms with E-state index >= 15 is 0 Å². The van der Waals surface area contributed by atoms with Crippen molar-refractivity contribution >= 4 is 34.0 Å². The minimum atomic E-state index is -0.0574. The van der Waals surface area contributed by atoms with Gasteiger partial charge in [0.25, 0.3) is 0 Å². The largest absolute Gasteiger partial charge is 0.288 e. The van der Waals surface area contributed by atoms with Crippen LogP contribution in [0.5, 0.6) is 0 Å². The van der Waals surface area contributed by atoms with Crippen molar-refractivity contribution in [2.45, 2.75) is 19.8 Å². The fourth-order valence-corrected chi connectivity index (χ4v) is 2.95. The Hall–Kier alpha value is -2.33. The minimum Gasteiger partial charge on any atom is -0.288 e. The molecule has 0 radical (unpaired) electrons. The van der Waals surface area contributed by atoms with Gasteiger partial charge in [0, 0.05) is 29.1 Å². The Morgan fingerprint density at radius 2 is 2.09 bits per heavy atom. The first-order valence-corrected chi connectivity index (χ1v) is 8.03. The van der Waals surface area contributed by atoms with Crippen molar-refractivity contribution in [3.63, 3.8) is 0 Å². The third-order valence-electron chi connectivity index (χ3n) is 3.36. The zero-order valence-electron chi connectivity index (χ0n) is 12.5. The number of carbonyl (C=O) groups excluding carboxylic acids is 1. The van der Waals surface area contributed by atoms with Crippen molar-refractivity contribution in [1.29, 1.82) is 0 Å². The first-order chi connectivity index (χ1) is 10.6. The second-order valence-electron chi connectivity index (χ2n) is 5.41. The van der Waals surface area contributed by atoms with E-state index in [0.717, 1.165) is 21.3 Å². The first kappa shape index (κ1) is 14.6. The normalized spacial score (nSPS) is 11.6. The van der Waals surface area contributed by atoms with Crippen LogP contribution in [0.15, 0.2) is 48.1 Å². The molecule has 0 spiro atoms. The van der Waals surface area contributed by atoms with Crippen LogP contribution in [-0.4, -0.2) is 15.8 Å².